The molecule has 1 saturated heterocycles. The fourth-order valence-corrected chi connectivity index (χ4v) is 4.91. The van der Waals surface area contributed by atoms with Gasteiger partial charge in [-0.15, -0.1) is 0 Å². The van der Waals surface area contributed by atoms with Gasteiger partial charge in [-0.3, -0.25) is 0 Å². The van der Waals surface area contributed by atoms with Crippen LogP contribution in [0.2, 0.25) is 0 Å². The maximum Gasteiger partial charge on any atom is 0.407 e. The molecule has 0 bridgehead atoms. The summed E-state index contributed by atoms with van der Waals surface area (Å²) < 4.78 is 30.4. The standard InChI is InChI=1S/C35H37NO7/c37-34-31(36-35(38)42-24-29-19-11-4-12-20-29)33(41-23-28-17-9-3-10-18-28)32(40-22-27-15-7-2-8-16-27)30(43-34)25-39-21-26-13-5-1-6-14-26/h1-20,30-34,37H,21-25H2,(H,36,38)/t30-,31-,32-,33-,34+/m1/s1. The summed E-state index contributed by atoms with van der Waals surface area (Å²) in [6.07, 6.45) is -4.26. The fraction of sp³-hybridized carbons (Fsp3) is 0.286. The SMILES string of the molecule is O=C(N[C@@H]1[C@@H](OCc2ccccc2)[C@H](OCc2ccccc2)[C@@H](COCc2ccccc2)O[C@@H]1O)OCc1ccccc1. The van der Waals surface area contributed by atoms with Crippen LogP contribution in [0.5, 0.6) is 0 Å². The molecule has 0 aromatic heterocycles. The highest BCUT2D eigenvalue weighted by molar-refractivity contribution is 5.67. The van der Waals surface area contributed by atoms with Gasteiger partial charge in [0.05, 0.1) is 26.4 Å². The van der Waals surface area contributed by atoms with Gasteiger partial charge in [-0.05, 0) is 22.3 Å². The Hall–Kier alpha value is -4.05. The van der Waals surface area contributed by atoms with Gasteiger partial charge in [0.15, 0.2) is 6.29 Å². The lowest BCUT2D eigenvalue weighted by Gasteiger charge is -2.44. The van der Waals surface area contributed by atoms with Crippen molar-refractivity contribution in [2.75, 3.05) is 6.61 Å². The van der Waals surface area contributed by atoms with Gasteiger partial charge in [-0.2, -0.15) is 0 Å². The Morgan fingerprint density at radius 1 is 0.628 bits per heavy atom. The molecule has 1 aliphatic rings. The van der Waals surface area contributed by atoms with Crippen molar-refractivity contribution in [3.63, 3.8) is 0 Å². The number of rotatable bonds is 13. The van der Waals surface area contributed by atoms with Crippen molar-refractivity contribution in [3.05, 3.63) is 144 Å². The number of hydrogen-bond acceptors (Lipinski definition) is 7. The van der Waals surface area contributed by atoms with Gasteiger partial charge in [-0.1, -0.05) is 121 Å². The molecule has 1 aliphatic heterocycles. The van der Waals surface area contributed by atoms with Crippen molar-refractivity contribution < 1.29 is 33.6 Å². The summed E-state index contributed by atoms with van der Waals surface area (Å²) in [5, 5.41) is 14.0. The van der Waals surface area contributed by atoms with E-state index in [1.165, 1.54) is 0 Å². The van der Waals surface area contributed by atoms with Crippen LogP contribution in [-0.4, -0.2) is 48.5 Å². The minimum absolute atomic E-state index is 0.0791. The molecular weight excluding hydrogens is 546 g/mol. The van der Waals surface area contributed by atoms with Crippen LogP contribution in [-0.2, 0) is 50.1 Å². The monoisotopic (exact) mass is 583 g/mol. The van der Waals surface area contributed by atoms with Crippen molar-refractivity contribution >= 4 is 6.09 Å². The van der Waals surface area contributed by atoms with Crippen LogP contribution in [0.3, 0.4) is 0 Å². The molecule has 2 N–H and O–H groups in total. The Kier molecular flexibility index (Phi) is 11.3. The largest absolute Gasteiger partial charge is 0.445 e. The molecule has 0 saturated carbocycles. The number of aliphatic hydroxyl groups excluding tert-OH is 1. The summed E-state index contributed by atoms with van der Waals surface area (Å²) in [5.41, 5.74) is 3.76. The number of ether oxygens (including phenoxy) is 5. The second kappa shape index (κ2) is 16.0. The number of aliphatic hydroxyl groups is 1. The van der Waals surface area contributed by atoms with Crippen LogP contribution in [0, 0.1) is 0 Å². The number of carbonyl (C=O) groups is 1. The summed E-state index contributed by atoms with van der Waals surface area (Å²) in [6, 6.07) is 37.7. The summed E-state index contributed by atoms with van der Waals surface area (Å²) in [6.45, 7) is 1.09. The Labute approximate surface area is 252 Å². The van der Waals surface area contributed by atoms with E-state index in [1.54, 1.807) is 0 Å². The van der Waals surface area contributed by atoms with Gasteiger partial charge in [0.25, 0.3) is 0 Å². The Morgan fingerprint density at radius 3 is 1.58 bits per heavy atom. The smallest absolute Gasteiger partial charge is 0.407 e. The Balaban J connectivity index is 1.34. The molecular formula is C35H37NO7. The molecule has 224 valence electrons. The van der Waals surface area contributed by atoms with Crippen molar-refractivity contribution in [1.82, 2.24) is 5.32 Å². The van der Waals surface area contributed by atoms with E-state index >= 15 is 0 Å². The van der Waals surface area contributed by atoms with Crippen molar-refractivity contribution in [3.8, 4) is 0 Å². The van der Waals surface area contributed by atoms with Gasteiger partial charge in [0, 0.05) is 0 Å². The first-order valence-electron chi connectivity index (χ1n) is 14.4. The van der Waals surface area contributed by atoms with Crippen molar-refractivity contribution in [2.24, 2.45) is 0 Å². The lowest BCUT2D eigenvalue weighted by Crippen LogP contribution is -2.65. The van der Waals surface area contributed by atoms with E-state index in [0.29, 0.717) is 6.61 Å². The van der Waals surface area contributed by atoms with Gasteiger partial charge in [0.2, 0.25) is 0 Å². The number of carbonyl (C=O) groups excluding carboxylic acids is 1. The molecule has 5 rings (SSSR count). The van der Waals surface area contributed by atoms with E-state index in [2.05, 4.69) is 5.32 Å². The summed E-state index contributed by atoms with van der Waals surface area (Å²) >= 11 is 0. The van der Waals surface area contributed by atoms with Gasteiger partial charge < -0.3 is 34.1 Å². The van der Waals surface area contributed by atoms with E-state index in [1.807, 2.05) is 121 Å². The number of alkyl carbamates (subject to hydrolysis) is 1. The van der Waals surface area contributed by atoms with Crippen LogP contribution >= 0.6 is 0 Å². The van der Waals surface area contributed by atoms with Crippen molar-refractivity contribution in [2.45, 2.75) is 57.1 Å². The summed E-state index contributed by atoms with van der Waals surface area (Å²) in [4.78, 5) is 12.9. The molecule has 1 heterocycles. The normalized spacial score (nSPS) is 21.7. The van der Waals surface area contributed by atoms with Crippen LogP contribution < -0.4 is 5.32 Å². The van der Waals surface area contributed by atoms with Crippen LogP contribution in [0.25, 0.3) is 0 Å². The maximum atomic E-state index is 12.9. The Bertz CT molecular complexity index is 1360. The van der Waals surface area contributed by atoms with Crippen LogP contribution in [0.4, 0.5) is 4.79 Å². The molecule has 0 aliphatic carbocycles. The molecule has 8 heteroatoms. The fourth-order valence-electron chi connectivity index (χ4n) is 4.91. The Morgan fingerprint density at radius 2 is 1.07 bits per heavy atom. The molecule has 1 fully saturated rings. The summed E-state index contributed by atoms with van der Waals surface area (Å²) in [5.74, 6) is 0. The molecule has 4 aromatic carbocycles. The topological polar surface area (TPSA) is 95.5 Å². The van der Waals surface area contributed by atoms with E-state index < -0.39 is 36.7 Å². The number of nitrogens with one attached hydrogen (secondary N) is 1. The maximum absolute atomic E-state index is 12.9. The lowest BCUT2D eigenvalue weighted by atomic mass is 9.96. The molecule has 43 heavy (non-hydrogen) atoms. The number of hydrogen-bond donors (Lipinski definition) is 2. The average molecular weight is 584 g/mol. The molecule has 0 unspecified atom stereocenters. The molecule has 0 spiro atoms. The third kappa shape index (κ3) is 9.22. The molecule has 5 atom stereocenters. The van der Waals surface area contributed by atoms with Gasteiger partial charge in [0.1, 0.15) is 31.0 Å². The third-order valence-corrected chi connectivity index (χ3v) is 7.13. The second-order valence-corrected chi connectivity index (χ2v) is 10.3. The third-order valence-electron chi connectivity index (χ3n) is 7.13. The highest BCUT2D eigenvalue weighted by Crippen LogP contribution is 2.28. The molecule has 8 nitrogen and oxygen atoms in total. The van der Waals surface area contributed by atoms with Crippen LogP contribution in [0.15, 0.2) is 121 Å². The zero-order valence-electron chi connectivity index (χ0n) is 23.9. The first kappa shape index (κ1) is 30.4. The van der Waals surface area contributed by atoms with E-state index in [9.17, 15) is 9.90 Å². The second-order valence-electron chi connectivity index (χ2n) is 10.3. The molecule has 4 aromatic rings. The zero-order chi connectivity index (χ0) is 29.7. The van der Waals surface area contributed by atoms with Crippen molar-refractivity contribution in [1.29, 1.82) is 0 Å². The quantitative estimate of drug-likeness (QED) is 0.218. The van der Waals surface area contributed by atoms with E-state index in [-0.39, 0.29) is 26.4 Å². The van der Waals surface area contributed by atoms with Gasteiger partial charge in [-0.25, -0.2) is 4.79 Å². The lowest BCUT2D eigenvalue weighted by molar-refractivity contribution is -0.277. The first-order valence-corrected chi connectivity index (χ1v) is 14.4. The average Bonchev–Trinajstić information content (AvgIpc) is 3.05. The highest BCUT2D eigenvalue weighted by Gasteiger charge is 2.48. The first-order chi connectivity index (χ1) is 21.2. The minimum Gasteiger partial charge on any atom is -0.445 e. The minimum atomic E-state index is -1.40. The number of benzene rings is 4. The van der Waals surface area contributed by atoms with Crippen LogP contribution in [0.1, 0.15) is 22.3 Å². The van der Waals surface area contributed by atoms with Gasteiger partial charge >= 0.3 is 6.09 Å². The number of amides is 1. The predicted molar refractivity (Wildman–Crippen MR) is 161 cm³/mol. The predicted octanol–water partition coefficient (Wildman–Crippen LogP) is 5.39. The molecule has 1 amide bonds. The summed E-state index contributed by atoms with van der Waals surface area (Å²) in [7, 11) is 0. The zero-order valence-corrected chi connectivity index (χ0v) is 23.9. The highest BCUT2D eigenvalue weighted by atomic mass is 16.7. The molecule has 0 radical (unpaired) electrons. The van der Waals surface area contributed by atoms with E-state index in [4.69, 9.17) is 23.7 Å². The van der Waals surface area contributed by atoms with E-state index in [0.717, 1.165) is 22.3 Å².